The van der Waals surface area contributed by atoms with Gasteiger partial charge in [0.15, 0.2) is 0 Å². The van der Waals surface area contributed by atoms with E-state index in [1.165, 1.54) is 45.3 Å². The minimum absolute atomic E-state index is 0.129. The smallest absolute Gasteiger partial charge is 0.143 e. The van der Waals surface area contributed by atoms with Crippen LogP contribution >= 0.6 is 0 Å². The van der Waals surface area contributed by atoms with E-state index in [0.717, 1.165) is 6.61 Å². The lowest BCUT2D eigenvalue weighted by molar-refractivity contribution is -0.0266. The molecule has 0 aliphatic carbocycles. The molecule has 0 aromatic heterocycles. The van der Waals surface area contributed by atoms with Crippen molar-refractivity contribution in [2.45, 2.75) is 32.6 Å². The minimum Gasteiger partial charge on any atom is -0.371 e. The van der Waals surface area contributed by atoms with Gasteiger partial charge in [-0.15, -0.1) is 0 Å². The first-order valence-electron chi connectivity index (χ1n) is 5.77. The zero-order valence-corrected chi connectivity index (χ0v) is 9.24. The van der Waals surface area contributed by atoms with E-state index in [2.05, 4.69) is 11.8 Å². The lowest BCUT2D eigenvalue weighted by atomic mass is 9.98. The van der Waals surface area contributed by atoms with Crippen LogP contribution in [0.25, 0.3) is 0 Å². The van der Waals surface area contributed by atoms with Crippen molar-refractivity contribution in [3.63, 3.8) is 0 Å². The van der Waals surface area contributed by atoms with E-state index in [-0.39, 0.29) is 6.79 Å². The molecule has 1 heterocycles. The van der Waals surface area contributed by atoms with Crippen LogP contribution in [0.3, 0.4) is 0 Å². The van der Waals surface area contributed by atoms with Gasteiger partial charge in [0.1, 0.15) is 6.79 Å². The summed E-state index contributed by atoms with van der Waals surface area (Å²) >= 11 is 0. The molecule has 0 saturated carbocycles. The molecule has 14 heavy (non-hydrogen) atoms. The lowest BCUT2D eigenvalue weighted by Gasteiger charge is -2.31. The van der Waals surface area contributed by atoms with Gasteiger partial charge in [-0.05, 0) is 44.8 Å². The first-order valence-corrected chi connectivity index (χ1v) is 5.77. The monoisotopic (exact) mass is 201 g/mol. The number of hydrogen-bond donors (Lipinski definition) is 1. The van der Waals surface area contributed by atoms with E-state index in [4.69, 9.17) is 9.84 Å². The molecule has 0 aromatic carbocycles. The number of aliphatic hydroxyl groups is 1. The molecule has 1 saturated heterocycles. The zero-order chi connectivity index (χ0) is 10.2. The van der Waals surface area contributed by atoms with Crippen LogP contribution in [0.15, 0.2) is 0 Å². The van der Waals surface area contributed by atoms with Crippen molar-refractivity contribution in [3.05, 3.63) is 0 Å². The van der Waals surface area contributed by atoms with Crippen LogP contribution < -0.4 is 0 Å². The van der Waals surface area contributed by atoms with Crippen molar-refractivity contribution in [1.29, 1.82) is 0 Å². The molecule has 1 fully saturated rings. The first kappa shape index (κ1) is 12.0. The number of unbranched alkanes of at least 4 members (excludes halogenated alkanes) is 1. The topological polar surface area (TPSA) is 32.7 Å². The Morgan fingerprint density at radius 2 is 2.07 bits per heavy atom. The molecule has 0 atom stereocenters. The van der Waals surface area contributed by atoms with Crippen LogP contribution in [0.1, 0.15) is 32.6 Å². The number of ether oxygens (including phenoxy) is 1. The van der Waals surface area contributed by atoms with E-state index in [1.54, 1.807) is 0 Å². The summed E-state index contributed by atoms with van der Waals surface area (Å²) in [5.74, 6) is 0.667. The fraction of sp³-hybridized carbons (Fsp3) is 1.00. The molecule has 3 heteroatoms. The summed E-state index contributed by atoms with van der Waals surface area (Å²) in [7, 11) is 0. The van der Waals surface area contributed by atoms with Crippen LogP contribution in [-0.2, 0) is 4.74 Å². The van der Waals surface area contributed by atoms with Gasteiger partial charge in [0.25, 0.3) is 0 Å². The quantitative estimate of drug-likeness (QED) is 0.660. The Labute approximate surface area is 87.1 Å². The fourth-order valence-corrected chi connectivity index (χ4v) is 1.98. The van der Waals surface area contributed by atoms with Crippen LogP contribution in [0.2, 0.25) is 0 Å². The van der Waals surface area contributed by atoms with E-state index in [9.17, 15) is 0 Å². The lowest BCUT2D eigenvalue weighted by Crippen LogP contribution is -2.35. The van der Waals surface area contributed by atoms with Crippen molar-refractivity contribution in [2.75, 3.05) is 33.0 Å². The summed E-state index contributed by atoms with van der Waals surface area (Å²) < 4.78 is 5.03. The molecule has 0 bridgehead atoms. The van der Waals surface area contributed by atoms with Gasteiger partial charge < -0.3 is 14.7 Å². The number of likely N-dealkylation sites (tertiary alicyclic amines) is 1. The Bertz CT molecular complexity index is 117. The molecule has 1 rings (SSSR count). The second-order valence-electron chi connectivity index (χ2n) is 4.14. The molecule has 0 aromatic rings. The van der Waals surface area contributed by atoms with Gasteiger partial charge in [-0.1, -0.05) is 13.3 Å². The van der Waals surface area contributed by atoms with E-state index in [1.807, 2.05) is 0 Å². The number of piperidine rings is 1. The Morgan fingerprint density at radius 1 is 1.36 bits per heavy atom. The maximum atomic E-state index is 8.53. The standard InChI is InChI=1S/C11H23NO2/c1-2-3-6-12-7-4-11(5-8-12)9-14-10-13/h11,13H,2-10H2,1H3. The molecule has 0 radical (unpaired) electrons. The molecule has 0 unspecified atom stereocenters. The highest BCUT2D eigenvalue weighted by atomic mass is 16.6. The Morgan fingerprint density at radius 3 is 2.64 bits per heavy atom. The van der Waals surface area contributed by atoms with Crippen molar-refractivity contribution in [1.82, 2.24) is 4.90 Å². The highest BCUT2D eigenvalue weighted by Gasteiger charge is 2.18. The van der Waals surface area contributed by atoms with Crippen molar-refractivity contribution in [3.8, 4) is 0 Å². The molecule has 1 aliphatic rings. The molecule has 0 amide bonds. The summed E-state index contributed by atoms with van der Waals surface area (Å²) in [6.45, 7) is 6.51. The van der Waals surface area contributed by atoms with E-state index < -0.39 is 0 Å². The zero-order valence-electron chi connectivity index (χ0n) is 9.24. The van der Waals surface area contributed by atoms with Crippen molar-refractivity contribution < 1.29 is 9.84 Å². The van der Waals surface area contributed by atoms with Crippen LogP contribution in [0.4, 0.5) is 0 Å². The SMILES string of the molecule is CCCCN1CCC(COCO)CC1. The van der Waals surface area contributed by atoms with Crippen molar-refractivity contribution >= 4 is 0 Å². The maximum Gasteiger partial charge on any atom is 0.143 e. The normalized spacial score (nSPS) is 20.1. The van der Waals surface area contributed by atoms with Gasteiger partial charge in [-0.3, -0.25) is 0 Å². The Kier molecular flexibility index (Phi) is 6.15. The average molecular weight is 201 g/mol. The predicted octanol–water partition coefficient (Wildman–Crippen LogP) is 1.46. The number of rotatable bonds is 6. The fourth-order valence-electron chi connectivity index (χ4n) is 1.98. The van der Waals surface area contributed by atoms with Crippen LogP contribution in [0.5, 0.6) is 0 Å². The summed E-state index contributed by atoms with van der Waals surface area (Å²) in [5, 5.41) is 8.53. The van der Waals surface area contributed by atoms with Gasteiger partial charge in [0.2, 0.25) is 0 Å². The second-order valence-corrected chi connectivity index (χ2v) is 4.14. The third kappa shape index (κ3) is 4.40. The summed E-state index contributed by atoms with van der Waals surface area (Å²) in [5.41, 5.74) is 0. The van der Waals surface area contributed by atoms with Crippen molar-refractivity contribution in [2.24, 2.45) is 5.92 Å². The predicted molar refractivity (Wildman–Crippen MR) is 57.1 cm³/mol. The molecular weight excluding hydrogens is 178 g/mol. The molecule has 84 valence electrons. The van der Waals surface area contributed by atoms with E-state index in [0.29, 0.717) is 5.92 Å². The summed E-state index contributed by atoms with van der Waals surface area (Å²) in [6.07, 6.45) is 5.05. The van der Waals surface area contributed by atoms with Gasteiger partial charge in [-0.25, -0.2) is 0 Å². The highest BCUT2D eigenvalue weighted by molar-refractivity contribution is 4.71. The van der Waals surface area contributed by atoms with Crippen LogP contribution in [0, 0.1) is 5.92 Å². The van der Waals surface area contributed by atoms with Crippen LogP contribution in [-0.4, -0.2) is 43.0 Å². The van der Waals surface area contributed by atoms with Gasteiger partial charge >= 0.3 is 0 Å². The summed E-state index contributed by atoms with van der Waals surface area (Å²) in [4.78, 5) is 2.54. The third-order valence-corrected chi connectivity index (χ3v) is 2.98. The van der Waals surface area contributed by atoms with Gasteiger partial charge in [0.05, 0.1) is 6.61 Å². The van der Waals surface area contributed by atoms with Gasteiger partial charge in [0, 0.05) is 0 Å². The second kappa shape index (κ2) is 7.21. The largest absolute Gasteiger partial charge is 0.371 e. The highest BCUT2D eigenvalue weighted by Crippen LogP contribution is 2.17. The average Bonchev–Trinajstić information content (AvgIpc) is 2.25. The molecule has 1 N–H and O–H groups in total. The third-order valence-electron chi connectivity index (χ3n) is 2.98. The molecule has 3 nitrogen and oxygen atoms in total. The molecular formula is C11H23NO2. The van der Waals surface area contributed by atoms with E-state index >= 15 is 0 Å². The Hall–Kier alpha value is -0.120. The molecule has 0 spiro atoms. The summed E-state index contributed by atoms with van der Waals surface area (Å²) in [6, 6.07) is 0. The number of nitrogens with zero attached hydrogens (tertiary/aromatic N) is 1. The first-order chi connectivity index (χ1) is 6.86. The maximum absolute atomic E-state index is 8.53. The number of hydrogen-bond acceptors (Lipinski definition) is 3. The molecule has 1 aliphatic heterocycles. The Balaban J connectivity index is 2.05. The minimum atomic E-state index is -0.129. The number of aliphatic hydroxyl groups excluding tert-OH is 1. The van der Waals surface area contributed by atoms with Gasteiger partial charge in [-0.2, -0.15) is 0 Å².